The lowest BCUT2D eigenvalue weighted by Gasteiger charge is -2.08. The van der Waals surface area contributed by atoms with Crippen LogP contribution in [0.25, 0.3) is 0 Å². The number of halogens is 1. The summed E-state index contributed by atoms with van der Waals surface area (Å²) in [6.45, 7) is 3.69. The molecule has 0 spiro atoms. The highest BCUT2D eigenvalue weighted by atomic mass is 19.1. The summed E-state index contributed by atoms with van der Waals surface area (Å²) in [5.74, 6) is 0.573. The first-order valence-electron chi connectivity index (χ1n) is 5.41. The third-order valence-electron chi connectivity index (χ3n) is 2.09. The quantitative estimate of drug-likeness (QED) is 0.568. The van der Waals surface area contributed by atoms with Crippen molar-refractivity contribution in [2.24, 2.45) is 15.8 Å². The molecule has 1 rings (SSSR count). The van der Waals surface area contributed by atoms with Crippen LogP contribution in [-0.2, 0) is 0 Å². The van der Waals surface area contributed by atoms with Crippen molar-refractivity contribution >= 4 is 6.72 Å². The smallest absolute Gasteiger partial charge is 0.192 e. The van der Waals surface area contributed by atoms with Crippen LogP contribution in [0.1, 0.15) is 12.8 Å². The van der Waals surface area contributed by atoms with Crippen molar-refractivity contribution in [2.75, 3.05) is 20.0 Å². The lowest BCUT2D eigenvalue weighted by Crippen LogP contribution is -2.22. The molecule has 0 fully saturated rings. The van der Waals surface area contributed by atoms with Gasteiger partial charge in [-0.1, -0.05) is 0 Å². The average molecular weight is 240 g/mol. The fraction of sp³-hybridized carbons (Fsp3) is 0.455. The Labute approximate surface area is 99.4 Å². The Morgan fingerprint density at radius 3 is 2.94 bits per heavy atom. The monoisotopic (exact) mass is 240 g/mol. The number of alkyl halides is 1. The van der Waals surface area contributed by atoms with Crippen LogP contribution in [0.3, 0.4) is 0 Å². The third kappa shape index (κ3) is 3.99. The highest BCUT2D eigenvalue weighted by Crippen LogP contribution is 2.03. The second kappa shape index (κ2) is 7.56. The minimum atomic E-state index is -0.327. The Kier molecular flexibility index (Phi) is 5.95. The van der Waals surface area contributed by atoms with Gasteiger partial charge < -0.3 is 10.5 Å². The maximum Gasteiger partial charge on any atom is 0.192 e. The molecule has 17 heavy (non-hydrogen) atoms. The van der Waals surface area contributed by atoms with Gasteiger partial charge in [0.2, 0.25) is 0 Å². The van der Waals surface area contributed by atoms with Gasteiger partial charge in [-0.05, 0) is 25.0 Å². The van der Waals surface area contributed by atoms with Crippen LogP contribution in [-0.4, -0.2) is 31.3 Å². The zero-order valence-electron chi connectivity index (χ0n) is 9.68. The number of hydrogen-bond acceptors (Lipinski definition) is 4. The van der Waals surface area contributed by atoms with Gasteiger partial charge in [-0.15, -0.1) is 0 Å². The molecule has 0 aliphatic carbocycles. The van der Waals surface area contributed by atoms with Crippen LogP contribution in [0, 0.1) is 0 Å². The van der Waals surface area contributed by atoms with E-state index in [9.17, 15) is 4.39 Å². The Balaban J connectivity index is 2.83. The van der Waals surface area contributed by atoms with E-state index >= 15 is 0 Å². The van der Waals surface area contributed by atoms with Gasteiger partial charge in [0.25, 0.3) is 0 Å². The van der Waals surface area contributed by atoms with Crippen molar-refractivity contribution < 1.29 is 9.13 Å². The van der Waals surface area contributed by atoms with Crippen LogP contribution < -0.4 is 16.0 Å². The van der Waals surface area contributed by atoms with Gasteiger partial charge >= 0.3 is 0 Å². The summed E-state index contributed by atoms with van der Waals surface area (Å²) in [4.78, 5) is 4.08. The van der Waals surface area contributed by atoms with Crippen molar-refractivity contribution in [2.45, 2.75) is 12.8 Å². The van der Waals surface area contributed by atoms with Crippen LogP contribution >= 0.6 is 0 Å². The first kappa shape index (κ1) is 13.4. The standard InChI is InChI=1S/C11H17FN4O/c1-14-16-7-4-5-10(11(16)15-9-13)17-8-3-2-6-12/h4-5,7H,1-3,6,8-9,13H2. The predicted molar refractivity (Wildman–Crippen MR) is 64.7 cm³/mol. The Hall–Kier alpha value is -1.69. The van der Waals surface area contributed by atoms with Crippen molar-refractivity contribution in [1.82, 2.24) is 4.68 Å². The number of nitrogens with zero attached hydrogens (tertiary/aromatic N) is 3. The van der Waals surface area contributed by atoms with Crippen LogP contribution in [0.4, 0.5) is 4.39 Å². The summed E-state index contributed by atoms with van der Waals surface area (Å²) in [7, 11) is 0. The molecule has 1 aromatic heterocycles. The summed E-state index contributed by atoms with van der Waals surface area (Å²) < 4.78 is 18.9. The summed E-state index contributed by atoms with van der Waals surface area (Å²) >= 11 is 0. The highest BCUT2D eigenvalue weighted by molar-refractivity contribution is 5.24. The van der Waals surface area contributed by atoms with Gasteiger partial charge in [-0.3, -0.25) is 4.39 Å². The first-order valence-corrected chi connectivity index (χ1v) is 5.41. The van der Waals surface area contributed by atoms with E-state index in [1.807, 2.05) is 0 Å². The minimum Gasteiger partial charge on any atom is -0.490 e. The van der Waals surface area contributed by atoms with Gasteiger partial charge in [0.15, 0.2) is 11.2 Å². The molecule has 1 aromatic rings. The van der Waals surface area contributed by atoms with E-state index < -0.39 is 0 Å². The summed E-state index contributed by atoms with van der Waals surface area (Å²) in [6, 6.07) is 3.54. The first-order chi connectivity index (χ1) is 8.33. The Morgan fingerprint density at radius 2 is 2.29 bits per heavy atom. The van der Waals surface area contributed by atoms with Crippen LogP contribution in [0.2, 0.25) is 0 Å². The van der Waals surface area contributed by atoms with Gasteiger partial charge in [-0.25, -0.2) is 9.67 Å². The molecule has 5 nitrogen and oxygen atoms in total. The molecule has 0 aliphatic heterocycles. The zero-order valence-corrected chi connectivity index (χ0v) is 9.68. The molecule has 0 saturated carbocycles. The molecule has 6 heteroatoms. The maximum absolute atomic E-state index is 11.9. The number of unbranched alkanes of at least 4 members (excludes halogenated alkanes) is 1. The predicted octanol–water partition coefficient (Wildman–Crippen LogP) is 0.897. The SMILES string of the molecule is C=Nn1cccc(OCCCCF)c1=NCN. The normalized spacial score (nSPS) is 11.5. The maximum atomic E-state index is 11.9. The molecule has 2 N–H and O–H groups in total. The summed E-state index contributed by atoms with van der Waals surface area (Å²) in [5, 5.41) is 3.77. The van der Waals surface area contributed by atoms with Crippen molar-refractivity contribution in [3.63, 3.8) is 0 Å². The van der Waals surface area contributed by atoms with Crippen LogP contribution in [0.15, 0.2) is 28.4 Å². The van der Waals surface area contributed by atoms with E-state index in [1.165, 1.54) is 4.68 Å². The van der Waals surface area contributed by atoms with E-state index in [1.54, 1.807) is 18.3 Å². The topological polar surface area (TPSA) is 64.9 Å². The Bertz CT molecular complexity index is 416. The number of pyridine rings is 1. The van der Waals surface area contributed by atoms with Crippen molar-refractivity contribution in [1.29, 1.82) is 0 Å². The molecule has 0 amide bonds. The lowest BCUT2D eigenvalue weighted by molar-refractivity contribution is 0.291. The van der Waals surface area contributed by atoms with Gasteiger partial charge in [0.1, 0.15) is 0 Å². The van der Waals surface area contributed by atoms with Gasteiger partial charge in [0, 0.05) is 12.9 Å². The highest BCUT2D eigenvalue weighted by Gasteiger charge is 2.01. The van der Waals surface area contributed by atoms with E-state index in [0.29, 0.717) is 30.7 Å². The number of hydrogen-bond donors (Lipinski definition) is 1. The van der Waals surface area contributed by atoms with E-state index in [4.69, 9.17) is 10.5 Å². The summed E-state index contributed by atoms with van der Waals surface area (Å²) in [6.07, 6.45) is 2.86. The van der Waals surface area contributed by atoms with E-state index in [2.05, 4.69) is 16.8 Å². The number of ether oxygens (including phenoxy) is 1. The molecule has 1 heterocycles. The van der Waals surface area contributed by atoms with Crippen molar-refractivity contribution in [3.05, 3.63) is 23.8 Å². The zero-order chi connectivity index (χ0) is 12.5. The van der Waals surface area contributed by atoms with Crippen LogP contribution in [0.5, 0.6) is 5.75 Å². The van der Waals surface area contributed by atoms with Gasteiger partial charge in [-0.2, -0.15) is 5.10 Å². The molecule has 0 bridgehead atoms. The van der Waals surface area contributed by atoms with Crippen molar-refractivity contribution in [3.8, 4) is 5.75 Å². The third-order valence-corrected chi connectivity index (χ3v) is 2.09. The number of rotatable bonds is 7. The fourth-order valence-electron chi connectivity index (χ4n) is 1.31. The summed E-state index contributed by atoms with van der Waals surface area (Å²) in [5.41, 5.74) is 5.90. The molecule has 0 aliphatic rings. The molecule has 94 valence electrons. The number of nitrogens with two attached hydrogens (primary N) is 1. The second-order valence-electron chi connectivity index (χ2n) is 3.27. The molecule has 0 unspecified atom stereocenters. The lowest BCUT2D eigenvalue weighted by atomic mass is 10.3. The fourth-order valence-corrected chi connectivity index (χ4v) is 1.31. The second-order valence-corrected chi connectivity index (χ2v) is 3.27. The molecule has 0 aromatic carbocycles. The van der Waals surface area contributed by atoms with E-state index in [0.717, 1.165) is 0 Å². The molecule has 0 saturated heterocycles. The van der Waals surface area contributed by atoms with Gasteiger partial charge in [0.05, 0.1) is 20.0 Å². The minimum absolute atomic E-state index is 0.139. The molecular weight excluding hydrogens is 223 g/mol. The Morgan fingerprint density at radius 1 is 1.47 bits per heavy atom. The average Bonchev–Trinajstić information content (AvgIpc) is 2.36. The molecule has 0 atom stereocenters. The molecular formula is C11H17FN4O. The largest absolute Gasteiger partial charge is 0.490 e. The van der Waals surface area contributed by atoms with E-state index in [-0.39, 0.29) is 13.3 Å². The molecule has 0 radical (unpaired) electrons. The number of aromatic nitrogens is 1.